The lowest BCUT2D eigenvalue weighted by molar-refractivity contribution is 0.109. The Morgan fingerprint density at radius 1 is 1.07 bits per heavy atom. The summed E-state index contributed by atoms with van der Waals surface area (Å²) in [5.41, 5.74) is 0.532. The van der Waals surface area contributed by atoms with Crippen LogP contribution in [0.5, 0.6) is 0 Å². The van der Waals surface area contributed by atoms with Crippen LogP contribution in [-0.4, -0.2) is 58.3 Å². The number of nitrogens with zero attached hydrogens (tertiary/aromatic N) is 6. The van der Waals surface area contributed by atoms with E-state index in [-0.39, 0.29) is 6.10 Å². The molecule has 3 aromatic rings. The van der Waals surface area contributed by atoms with Crippen LogP contribution in [0, 0.1) is 0 Å². The SMILES string of the molecule is COC(C)c1noc(CN2CCCN(c3nc(C(F)F)nc4ccccc34)CC2)n1. The van der Waals surface area contributed by atoms with E-state index in [2.05, 4.69) is 29.9 Å². The van der Waals surface area contributed by atoms with E-state index in [1.54, 1.807) is 19.2 Å². The minimum atomic E-state index is -2.71. The number of hydrogen-bond donors (Lipinski definition) is 0. The molecule has 0 bridgehead atoms. The van der Waals surface area contributed by atoms with Crippen LogP contribution in [-0.2, 0) is 11.3 Å². The van der Waals surface area contributed by atoms with E-state index in [1.807, 2.05) is 19.1 Å². The van der Waals surface area contributed by atoms with Gasteiger partial charge in [0.25, 0.3) is 6.43 Å². The Kier molecular flexibility index (Phi) is 6.14. The molecule has 3 heterocycles. The van der Waals surface area contributed by atoms with Crippen molar-refractivity contribution in [2.45, 2.75) is 32.4 Å². The second-order valence-corrected chi connectivity index (χ2v) is 7.26. The molecular formula is C20H24F2N6O2. The molecule has 0 N–H and O–H groups in total. The average molecular weight is 418 g/mol. The third-order valence-corrected chi connectivity index (χ3v) is 5.24. The molecule has 0 saturated carbocycles. The maximum Gasteiger partial charge on any atom is 0.297 e. The van der Waals surface area contributed by atoms with Crippen molar-refractivity contribution in [3.05, 3.63) is 41.8 Å². The molecule has 0 spiro atoms. The fourth-order valence-corrected chi connectivity index (χ4v) is 3.55. The Bertz CT molecular complexity index is 998. The summed E-state index contributed by atoms with van der Waals surface area (Å²) in [6.45, 7) is 5.32. The van der Waals surface area contributed by atoms with Gasteiger partial charge in [-0.15, -0.1) is 0 Å². The lowest BCUT2D eigenvalue weighted by atomic mass is 10.2. The van der Waals surface area contributed by atoms with Crippen molar-refractivity contribution in [1.82, 2.24) is 25.0 Å². The van der Waals surface area contributed by atoms with Crippen LogP contribution in [0.3, 0.4) is 0 Å². The van der Waals surface area contributed by atoms with Gasteiger partial charge in [0, 0.05) is 38.7 Å². The second-order valence-electron chi connectivity index (χ2n) is 7.26. The topological polar surface area (TPSA) is 80.4 Å². The highest BCUT2D eigenvalue weighted by molar-refractivity contribution is 5.89. The predicted molar refractivity (Wildman–Crippen MR) is 106 cm³/mol. The number of rotatable bonds is 6. The molecule has 0 aliphatic carbocycles. The van der Waals surface area contributed by atoms with Gasteiger partial charge in [-0.25, -0.2) is 18.7 Å². The standard InChI is InChI=1S/C20H24F2N6O2/c1-13(29-2)18-24-16(30-26-18)12-27-8-5-9-28(11-10-27)20-14-6-3-4-7-15(14)23-19(25-20)17(21)22/h3-4,6-7,13,17H,5,8-12H2,1-2H3. The summed E-state index contributed by atoms with van der Waals surface area (Å²) in [5, 5.41) is 4.75. The molecule has 1 atom stereocenters. The van der Waals surface area contributed by atoms with Crippen molar-refractivity contribution in [2.24, 2.45) is 0 Å². The molecule has 2 aromatic heterocycles. The van der Waals surface area contributed by atoms with Crippen molar-refractivity contribution in [3.8, 4) is 0 Å². The zero-order chi connectivity index (χ0) is 21.1. The van der Waals surface area contributed by atoms with E-state index < -0.39 is 12.2 Å². The quantitative estimate of drug-likeness (QED) is 0.603. The number of fused-ring (bicyclic) bond motifs is 1. The van der Waals surface area contributed by atoms with Crippen LogP contribution in [0.25, 0.3) is 10.9 Å². The lowest BCUT2D eigenvalue weighted by Gasteiger charge is -2.24. The number of aromatic nitrogens is 4. The van der Waals surface area contributed by atoms with Crippen molar-refractivity contribution in [2.75, 3.05) is 38.2 Å². The molecule has 30 heavy (non-hydrogen) atoms. The predicted octanol–water partition coefficient (Wildman–Crippen LogP) is 3.37. The number of halogens is 2. The number of anilines is 1. The summed E-state index contributed by atoms with van der Waals surface area (Å²) in [5.74, 6) is 1.19. The molecule has 4 rings (SSSR count). The third-order valence-electron chi connectivity index (χ3n) is 5.24. The molecule has 1 aromatic carbocycles. The first kappa shape index (κ1) is 20.5. The zero-order valence-corrected chi connectivity index (χ0v) is 17.0. The first-order chi connectivity index (χ1) is 14.5. The number of methoxy groups -OCH3 is 1. The Morgan fingerprint density at radius 2 is 1.90 bits per heavy atom. The maximum atomic E-state index is 13.3. The molecule has 1 saturated heterocycles. The van der Waals surface area contributed by atoms with E-state index in [1.165, 1.54) is 0 Å². The van der Waals surface area contributed by atoms with Crippen LogP contribution in [0.1, 0.15) is 43.4 Å². The van der Waals surface area contributed by atoms with Crippen molar-refractivity contribution < 1.29 is 18.0 Å². The van der Waals surface area contributed by atoms with E-state index in [0.29, 0.717) is 36.1 Å². The highest BCUT2D eigenvalue weighted by Crippen LogP contribution is 2.28. The highest BCUT2D eigenvalue weighted by atomic mass is 19.3. The van der Waals surface area contributed by atoms with Gasteiger partial charge in [0.05, 0.1) is 12.1 Å². The summed E-state index contributed by atoms with van der Waals surface area (Å²) in [6, 6.07) is 7.28. The highest BCUT2D eigenvalue weighted by Gasteiger charge is 2.23. The summed E-state index contributed by atoms with van der Waals surface area (Å²) in [7, 11) is 1.60. The van der Waals surface area contributed by atoms with Gasteiger partial charge in [0.1, 0.15) is 11.9 Å². The van der Waals surface area contributed by atoms with Crippen molar-refractivity contribution in [3.63, 3.8) is 0 Å². The lowest BCUT2D eigenvalue weighted by Crippen LogP contribution is -2.31. The molecule has 1 unspecified atom stereocenters. The van der Waals surface area contributed by atoms with Crippen LogP contribution in [0.4, 0.5) is 14.6 Å². The molecule has 1 aliphatic heterocycles. The van der Waals surface area contributed by atoms with E-state index >= 15 is 0 Å². The molecule has 1 fully saturated rings. The maximum absolute atomic E-state index is 13.3. The fraction of sp³-hybridized carbons (Fsp3) is 0.500. The van der Waals surface area contributed by atoms with Crippen LogP contribution >= 0.6 is 0 Å². The molecule has 10 heteroatoms. The second kappa shape index (κ2) is 8.97. The molecule has 8 nitrogen and oxygen atoms in total. The number of hydrogen-bond acceptors (Lipinski definition) is 8. The fourth-order valence-electron chi connectivity index (χ4n) is 3.55. The van der Waals surface area contributed by atoms with Gasteiger partial charge in [-0.3, -0.25) is 4.90 Å². The van der Waals surface area contributed by atoms with Gasteiger partial charge >= 0.3 is 0 Å². The summed E-state index contributed by atoms with van der Waals surface area (Å²) < 4.78 is 37.2. The minimum absolute atomic E-state index is 0.225. The van der Waals surface area contributed by atoms with Crippen LogP contribution in [0.15, 0.2) is 28.8 Å². The summed E-state index contributed by atoms with van der Waals surface area (Å²) in [4.78, 5) is 16.9. The average Bonchev–Trinajstić information content (AvgIpc) is 3.10. The Morgan fingerprint density at radius 3 is 2.70 bits per heavy atom. The van der Waals surface area contributed by atoms with Crippen LogP contribution < -0.4 is 4.90 Å². The van der Waals surface area contributed by atoms with E-state index in [9.17, 15) is 8.78 Å². The van der Waals surface area contributed by atoms with Gasteiger partial charge in [-0.05, 0) is 25.5 Å². The Hall–Kier alpha value is -2.72. The largest absolute Gasteiger partial charge is 0.374 e. The van der Waals surface area contributed by atoms with Gasteiger partial charge in [-0.1, -0.05) is 17.3 Å². The van der Waals surface area contributed by atoms with Crippen molar-refractivity contribution >= 4 is 16.7 Å². The Balaban J connectivity index is 1.50. The van der Waals surface area contributed by atoms with Gasteiger partial charge < -0.3 is 14.2 Å². The summed E-state index contributed by atoms with van der Waals surface area (Å²) in [6.07, 6.45) is -2.08. The molecule has 0 radical (unpaired) electrons. The van der Waals surface area contributed by atoms with Gasteiger partial charge in [0.15, 0.2) is 11.6 Å². The zero-order valence-electron chi connectivity index (χ0n) is 17.0. The molecular weight excluding hydrogens is 394 g/mol. The van der Waals surface area contributed by atoms with E-state index in [4.69, 9.17) is 9.26 Å². The summed E-state index contributed by atoms with van der Waals surface area (Å²) >= 11 is 0. The Labute approximate surface area is 172 Å². The third kappa shape index (κ3) is 4.39. The van der Waals surface area contributed by atoms with E-state index in [0.717, 1.165) is 31.4 Å². The molecule has 160 valence electrons. The van der Waals surface area contributed by atoms with Crippen LogP contribution in [0.2, 0.25) is 0 Å². The first-order valence-corrected chi connectivity index (χ1v) is 9.92. The molecule has 0 amide bonds. The van der Waals surface area contributed by atoms with Crippen molar-refractivity contribution in [1.29, 1.82) is 0 Å². The number of para-hydroxylation sites is 1. The number of benzene rings is 1. The molecule has 1 aliphatic rings. The van der Waals surface area contributed by atoms with Gasteiger partial charge in [-0.2, -0.15) is 4.98 Å². The minimum Gasteiger partial charge on any atom is -0.374 e. The van der Waals surface area contributed by atoms with Gasteiger partial charge in [0.2, 0.25) is 5.89 Å². The monoisotopic (exact) mass is 418 g/mol. The number of alkyl halides is 2. The smallest absolute Gasteiger partial charge is 0.297 e. The number of ether oxygens (including phenoxy) is 1. The normalized spacial score (nSPS) is 16.9. The first-order valence-electron chi connectivity index (χ1n) is 9.92.